The van der Waals surface area contributed by atoms with E-state index in [0.717, 1.165) is 43.2 Å². The van der Waals surface area contributed by atoms with E-state index in [1.54, 1.807) is 0 Å². The lowest BCUT2D eigenvalue weighted by molar-refractivity contribution is -0.114. The van der Waals surface area contributed by atoms with E-state index < -0.39 is 11.7 Å². The minimum Gasteiger partial charge on any atom is -0.370 e. The minimum atomic E-state index is -1.53. The molecular weight excluding hydrogens is 442 g/mol. The van der Waals surface area contributed by atoms with Gasteiger partial charge in [-0.2, -0.15) is 8.78 Å². The molecule has 0 aromatic heterocycles. The summed E-state index contributed by atoms with van der Waals surface area (Å²) >= 11 is 0. The molecule has 4 heteroatoms. The number of ketones is 1. The molecule has 1 aromatic carbocycles. The van der Waals surface area contributed by atoms with Gasteiger partial charge in [0.25, 0.3) is 6.08 Å². The third-order valence-corrected chi connectivity index (χ3v) is 10.1. The molecule has 0 radical (unpaired) electrons. The molecule has 0 amide bonds. The van der Waals surface area contributed by atoms with Gasteiger partial charge in [0.2, 0.25) is 0 Å². The maximum Gasteiger partial charge on any atom is 0.272 e. The van der Waals surface area contributed by atoms with Crippen LogP contribution in [0.25, 0.3) is 5.57 Å². The molecule has 3 fully saturated rings. The van der Waals surface area contributed by atoms with Crippen molar-refractivity contribution in [1.29, 1.82) is 0 Å². The quantitative estimate of drug-likeness (QED) is 0.433. The summed E-state index contributed by atoms with van der Waals surface area (Å²) in [4.78, 5) is 12.2. The van der Waals surface area contributed by atoms with Crippen molar-refractivity contribution in [2.24, 2.45) is 17.3 Å². The molecule has 0 N–H and O–H groups in total. The second kappa shape index (κ2) is 8.09. The first-order valence-electron chi connectivity index (χ1n) is 13.2. The van der Waals surface area contributed by atoms with Gasteiger partial charge in [0.15, 0.2) is 5.78 Å². The van der Waals surface area contributed by atoms with Gasteiger partial charge >= 0.3 is 0 Å². The van der Waals surface area contributed by atoms with Crippen molar-refractivity contribution in [3.05, 3.63) is 76.4 Å². The van der Waals surface area contributed by atoms with Gasteiger partial charge in [0.05, 0.1) is 6.61 Å². The lowest BCUT2D eigenvalue weighted by Gasteiger charge is -2.55. The van der Waals surface area contributed by atoms with Crippen molar-refractivity contribution in [2.45, 2.75) is 76.7 Å². The fraction of sp³-hybridized carbons (Fsp3) is 0.516. The van der Waals surface area contributed by atoms with E-state index in [4.69, 9.17) is 4.74 Å². The van der Waals surface area contributed by atoms with E-state index >= 15 is 0 Å². The molecule has 1 saturated heterocycles. The van der Waals surface area contributed by atoms with Gasteiger partial charge in [-0.05, 0) is 85.6 Å². The Balaban J connectivity index is 1.53. The average molecular weight is 477 g/mol. The van der Waals surface area contributed by atoms with Crippen LogP contribution in [0.5, 0.6) is 0 Å². The van der Waals surface area contributed by atoms with E-state index in [2.05, 4.69) is 37.8 Å². The van der Waals surface area contributed by atoms with Gasteiger partial charge in [0.1, 0.15) is 5.60 Å². The lowest BCUT2D eigenvalue weighted by atomic mass is 9.50. The molecule has 5 atom stereocenters. The minimum absolute atomic E-state index is 0.149. The molecule has 0 unspecified atom stereocenters. The standard InChI is InChI=1S/C31H34F2O2/c1-18(2)19-4-6-20(7-5-19)25-17-30(3)26(12-14-31(30)27(29(32)33)13-15-35-31)24-10-8-21-16-22(34)9-11-23(21)28(24)25/h4-7,16,24-26H,1,8-15,17H2,2-3H3/t24-,25+,26-,30-,31+/m0/s1. The molecule has 35 heavy (non-hydrogen) atoms. The molecule has 2 nitrogen and oxygen atoms in total. The highest BCUT2D eigenvalue weighted by Gasteiger charge is 2.67. The number of fused-ring (bicyclic) bond motifs is 5. The van der Waals surface area contributed by atoms with Crippen LogP contribution in [0, 0.1) is 17.3 Å². The van der Waals surface area contributed by atoms with Crippen LogP contribution in [0.4, 0.5) is 8.78 Å². The molecule has 1 aromatic rings. The molecule has 2 saturated carbocycles. The second-order valence-electron chi connectivity index (χ2n) is 11.6. The van der Waals surface area contributed by atoms with Gasteiger partial charge in [-0.25, -0.2) is 0 Å². The molecule has 184 valence electrons. The molecule has 5 aliphatic rings. The van der Waals surface area contributed by atoms with Crippen molar-refractivity contribution < 1.29 is 18.3 Å². The van der Waals surface area contributed by atoms with Crippen molar-refractivity contribution >= 4 is 11.4 Å². The monoisotopic (exact) mass is 476 g/mol. The Kier molecular flexibility index (Phi) is 5.34. The predicted molar refractivity (Wildman–Crippen MR) is 134 cm³/mol. The Hall–Kier alpha value is -2.33. The number of carbonyl (C=O) groups excluding carboxylic acids is 1. The average Bonchev–Trinajstić information content (AvgIpc) is 3.40. The second-order valence-corrected chi connectivity index (χ2v) is 11.6. The van der Waals surface area contributed by atoms with Crippen molar-refractivity contribution in [1.82, 2.24) is 0 Å². The van der Waals surface area contributed by atoms with Crippen LogP contribution in [0.2, 0.25) is 0 Å². The van der Waals surface area contributed by atoms with Crippen LogP contribution < -0.4 is 0 Å². The van der Waals surface area contributed by atoms with E-state index in [1.807, 2.05) is 13.0 Å². The van der Waals surface area contributed by atoms with Gasteiger partial charge < -0.3 is 4.74 Å². The zero-order chi connectivity index (χ0) is 24.5. The number of carbonyl (C=O) groups is 1. The summed E-state index contributed by atoms with van der Waals surface area (Å²) in [7, 11) is 0. The highest BCUT2D eigenvalue weighted by Crippen LogP contribution is 2.70. The number of hydrogen-bond acceptors (Lipinski definition) is 2. The topological polar surface area (TPSA) is 26.3 Å². The Morgan fingerprint density at radius 2 is 1.86 bits per heavy atom. The molecule has 1 spiro atoms. The molecule has 6 rings (SSSR count). The zero-order valence-electron chi connectivity index (χ0n) is 20.8. The third-order valence-electron chi connectivity index (χ3n) is 10.1. The SMILES string of the molecule is C=C(C)c1ccc([C@H]2C[C@@]3(C)[C@@H](CC[C@]34OCCC4=C(F)F)[C@@H]3CCC4=CC(=O)CCC4=C32)cc1. The fourth-order valence-corrected chi connectivity index (χ4v) is 8.54. The van der Waals surface area contributed by atoms with E-state index in [0.29, 0.717) is 37.7 Å². The zero-order valence-corrected chi connectivity index (χ0v) is 20.8. The van der Waals surface area contributed by atoms with Crippen LogP contribution in [0.3, 0.4) is 0 Å². The van der Waals surface area contributed by atoms with Crippen LogP contribution in [-0.2, 0) is 9.53 Å². The summed E-state index contributed by atoms with van der Waals surface area (Å²) in [5.74, 6) is 1.06. The number of hydrogen-bond donors (Lipinski definition) is 0. The van der Waals surface area contributed by atoms with E-state index in [-0.39, 0.29) is 22.7 Å². The smallest absolute Gasteiger partial charge is 0.272 e. The Morgan fingerprint density at radius 1 is 1.09 bits per heavy atom. The first-order valence-corrected chi connectivity index (χ1v) is 13.2. The summed E-state index contributed by atoms with van der Waals surface area (Å²) in [6.07, 6.45) is 6.40. The Bertz CT molecular complexity index is 1200. The normalized spacial score (nSPS) is 36.1. The Morgan fingerprint density at radius 3 is 2.57 bits per heavy atom. The third kappa shape index (κ3) is 3.25. The molecule has 0 bridgehead atoms. The summed E-state index contributed by atoms with van der Waals surface area (Å²) in [5, 5.41) is 0. The highest BCUT2D eigenvalue weighted by molar-refractivity contribution is 5.93. The van der Waals surface area contributed by atoms with Crippen molar-refractivity contribution in [2.75, 3.05) is 6.61 Å². The van der Waals surface area contributed by atoms with Gasteiger partial charge in [0, 0.05) is 29.7 Å². The summed E-state index contributed by atoms with van der Waals surface area (Å²) in [6, 6.07) is 8.69. The fourth-order valence-electron chi connectivity index (χ4n) is 8.54. The number of benzene rings is 1. The van der Waals surface area contributed by atoms with E-state index in [1.165, 1.54) is 22.3 Å². The molecule has 4 aliphatic carbocycles. The predicted octanol–water partition coefficient (Wildman–Crippen LogP) is 7.93. The largest absolute Gasteiger partial charge is 0.370 e. The number of rotatable bonds is 2. The van der Waals surface area contributed by atoms with Gasteiger partial charge in [-0.15, -0.1) is 0 Å². The maximum absolute atomic E-state index is 14.2. The molecule has 1 heterocycles. The van der Waals surface area contributed by atoms with Crippen LogP contribution in [-0.4, -0.2) is 18.0 Å². The lowest BCUT2D eigenvalue weighted by Crippen LogP contribution is -2.52. The summed E-state index contributed by atoms with van der Waals surface area (Å²) < 4.78 is 34.8. The Labute approximate surface area is 206 Å². The molecular formula is C31H34F2O2. The maximum atomic E-state index is 14.2. The number of allylic oxidation sites excluding steroid dienone is 5. The van der Waals surface area contributed by atoms with Gasteiger partial charge in [-0.3, -0.25) is 4.79 Å². The van der Waals surface area contributed by atoms with Crippen LogP contribution >= 0.6 is 0 Å². The number of halogens is 2. The first-order chi connectivity index (χ1) is 16.7. The molecule has 1 aliphatic heterocycles. The summed E-state index contributed by atoms with van der Waals surface area (Å²) in [6.45, 7) is 8.72. The van der Waals surface area contributed by atoms with Crippen LogP contribution in [0.1, 0.15) is 82.3 Å². The van der Waals surface area contributed by atoms with Gasteiger partial charge in [-0.1, -0.05) is 48.9 Å². The summed E-state index contributed by atoms with van der Waals surface area (Å²) in [5.41, 5.74) is 6.56. The van der Waals surface area contributed by atoms with Crippen molar-refractivity contribution in [3.8, 4) is 0 Å². The first kappa shape index (κ1) is 23.1. The highest BCUT2D eigenvalue weighted by atomic mass is 19.3. The van der Waals surface area contributed by atoms with E-state index in [9.17, 15) is 13.6 Å². The number of ether oxygens (including phenoxy) is 1. The van der Waals surface area contributed by atoms with Crippen molar-refractivity contribution in [3.63, 3.8) is 0 Å². The van der Waals surface area contributed by atoms with Crippen LogP contribution in [0.15, 0.2) is 65.3 Å².